The molecule has 1 saturated carbocycles. The molecule has 1 saturated heterocycles. The minimum Gasteiger partial charge on any atom is -0.478 e. The van der Waals surface area contributed by atoms with E-state index in [1.807, 2.05) is 66.7 Å². The Morgan fingerprint density at radius 1 is 0.659 bits per heavy atom. The minimum absolute atomic E-state index is 0.0123. The van der Waals surface area contributed by atoms with Gasteiger partial charge in [-0.15, -0.1) is 0 Å². The zero-order valence-corrected chi connectivity index (χ0v) is 50.6. The third-order valence-electron chi connectivity index (χ3n) is 15.0. The summed E-state index contributed by atoms with van der Waals surface area (Å²) in [7, 11) is -5.43. The van der Waals surface area contributed by atoms with Gasteiger partial charge in [0.1, 0.15) is 0 Å². The van der Waals surface area contributed by atoms with Crippen molar-refractivity contribution in [1.82, 2.24) is 19.9 Å². The highest BCUT2D eigenvalue weighted by Gasteiger charge is 2.50. The molecule has 0 spiro atoms. The highest BCUT2D eigenvalue weighted by atomic mass is 35.5. The highest BCUT2D eigenvalue weighted by molar-refractivity contribution is 7.90. The predicted octanol–water partition coefficient (Wildman–Crippen LogP) is 13.6. The summed E-state index contributed by atoms with van der Waals surface area (Å²) in [5, 5.41) is 11.5. The van der Waals surface area contributed by atoms with Crippen molar-refractivity contribution in [1.29, 1.82) is 0 Å². The molecule has 4 aromatic rings. The Morgan fingerprint density at radius 3 is 1.85 bits per heavy atom. The van der Waals surface area contributed by atoms with Crippen LogP contribution in [0.25, 0.3) is 10.9 Å². The van der Waals surface area contributed by atoms with Gasteiger partial charge in [0, 0.05) is 105 Å². The summed E-state index contributed by atoms with van der Waals surface area (Å²) in [4.78, 5) is 29.6. The SMILES string of the molecule is CC(C)(C)OCCCCCC(=O)NCCCOCCC1CCCCC(OCCOCCCNC(=O)CCCCCOc2cc(NC3CCN(S(=O)(=O)C(F)(F)F)CC3)c3cc(C(c4ccc(Cl)cc4)c4ccc(Cl)cc4)ccc3n2)CC1. The van der Waals surface area contributed by atoms with Gasteiger partial charge in [0.05, 0.1) is 37.0 Å². The lowest BCUT2D eigenvalue weighted by atomic mass is 9.84. The molecule has 1 aliphatic heterocycles. The number of benzene rings is 3. The van der Waals surface area contributed by atoms with E-state index >= 15 is 0 Å². The summed E-state index contributed by atoms with van der Waals surface area (Å²) >= 11 is 12.6. The molecule has 3 N–H and O–H groups in total. The predicted molar refractivity (Wildman–Crippen MR) is 319 cm³/mol. The van der Waals surface area contributed by atoms with Crippen molar-refractivity contribution in [3.05, 3.63) is 99.5 Å². The molecule has 6 rings (SSSR count). The Labute approximate surface area is 495 Å². The summed E-state index contributed by atoms with van der Waals surface area (Å²) in [6.45, 7) is 10.9. The fourth-order valence-corrected chi connectivity index (χ4v) is 11.7. The molecular formula is C62H88Cl2F3N5O9S. The molecule has 1 aliphatic carbocycles. The summed E-state index contributed by atoms with van der Waals surface area (Å²) < 4.78 is 95.0. The molecule has 2 amide bonds. The first-order chi connectivity index (χ1) is 39.3. The van der Waals surface area contributed by atoms with E-state index in [9.17, 15) is 31.2 Å². The largest absolute Gasteiger partial charge is 0.511 e. The highest BCUT2D eigenvalue weighted by Crippen LogP contribution is 2.38. The van der Waals surface area contributed by atoms with E-state index in [1.54, 1.807) is 6.07 Å². The second-order valence-corrected chi connectivity index (χ2v) is 25.5. The van der Waals surface area contributed by atoms with E-state index in [0.29, 0.717) is 116 Å². The number of aromatic nitrogens is 1. The van der Waals surface area contributed by atoms with E-state index in [1.165, 1.54) is 12.8 Å². The number of carbonyl (C=O) groups is 2. The summed E-state index contributed by atoms with van der Waals surface area (Å²) in [5.41, 5.74) is -1.26. The third kappa shape index (κ3) is 23.6. The monoisotopic (exact) mass is 1210 g/mol. The van der Waals surface area contributed by atoms with E-state index in [2.05, 4.69) is 36.7 Å². The lowest BCUT2D eigenvalue weighted by Crippen LogP contribution is -2.47. The molecule has 2 unspecified atom stereocenters. The number of nitrogens with one attached hydrogen (secondary N) is 3. The Balaban J connectivity index is 0.847. The number of hydrogen-bond donors (Lipinski definition) is 3. The smallest absolute Gasteiger partial charge is 0.478 e. The number of anilines is 1. The van der Waals surface area contributed by atoms with Gasteiger partial charge in [-0.05, 0) is 163 Å². The van der Waals surface area contributed by atoms with Crippen LogP contribution in [0.15, 0.2) is 72.8 Å². The van der Waals surface area contributed by atoms with Crippen molar-refractivity contribution < 1.29 is 54.9 Å². The van der Waals surface area contributed by atoms with Gasteiger partial charge in [0.2, 0.25) is 17.7 Å². The first-order valence-corrected chi connectivity index (χ1v) is 31.9. The number of ether oxygens (including phenoxy) is 5. The minimum atomic E-state index is -5.43. The van der Waals surface area contributed by atoms with Gasteiger partial charge in [-0.1, -0.05) is 79.2 Å². The van der Waals surface area contributed by atoms with Gasteiger partial charge in [-0.2, -0.15) is 17.5 Å². The van der Waals surface area contributed by atoms with Gasteiger partial charge in [0.25, 0.3) is 0 Å². The Bertz CT molecular complexity index is 2600. The molecular weight excluding hydrogens is 1120 g/mol. The number of alkyl halides is 3. The first kappa shape index (κ1) is 66.9. The topological polar surface area (TPSA) is 167 Å². The van der Waals surface area contributed by atoms with Crippen LogP contribution in [-0.4, -0.2) is 125 Å². The zero-order chi connectivity index (χ0) is 58.8. The number of rotatable bonds is 34. The number of nitrogens with zero attached hydrogens (tertiary/aromatic N) is 2. The molecule has 20 heteroatoms. The number of piperidine rings is 1. The number of unbranched alkanes of at least 4 members (excludes halogenated alkanes) is 4. The van der Waals surface area contributed by atoms with Crippen LogP contribution in [0.4, 0.5) is 18.9 Å². The maximum atomic E-state index is 13.4. The maximum Gasteiger partial charge on any atom is 0.511 e. The summed E-state index contributed by atoms with van der Waals surface area (Å²) in [6.07, 6.45) is 15.9. The number of carbonyl (C=O) groups excluding carboxylic acids is 2. The molecule has 14 nitrogen and oxygen atoms in total. The number of amides is 2. The fourth-order valence-electron chi connectivity index (χ4n) is 10.4. The van der Waals surface area contributed by atoms with Gasteiger partial charge in [-0.25, -0.2) is 13.4 Å². The van der Waals surface area contributed by atoms with Crippen LogP contribution in [-0.2, 0) is 38.6 Å². The first-order valence-electron chi connectivity index (χ1n) is 29.7. The van der Waals surface area contributed by atoms with Crippen molar-refractivity contribution in [3.8, 4) is 5.88 Å². The van der Waals surface area contributed by atoms with Crippen LogP contribution in [0.5, 0.6) is 5.88 Å². The molecule has 0 radical (unpaired) electrons. The second kappa shape index (κ2) is 34.6. The van der Waals surface area contributed by atoms with Crippen LogP contribution < -0.4 is 20.7 Å². The standard InChI is InChI=1S/C62H88Cl2F3N5O9S/c1-61(2,3)81-40-11-5-7-17-58(74)68-33-12-37-77-41-32-46-14-8-9-15-53(28-18-46)79-43-42-78-38-13-34-69-57(73)16-6-4-10-39-80-59-45-56(70-52-30-35-72(36-31-52)82(75,76)62(65,66)67)54-44-49(23-29-55(54)71-59)60(47-19-24-50(63)25-20-47)48-21-26-51(64)27-22-48/h19-27,29,44-46,52-53,60H,4-18,28,30-43H2,1-3H3,(H,68,74)(H,69,73)(H,70,71). The average molecular weight is 1210 g/mol. The molecule has 1 aromatic heterocycles. The number of halogens is 5. The lowest BCUT2D eigenvalue weighted by Gasteiger charge is -2.32. The van der Waals surface area contributed by atoms with Crippen molar-refractivity contribution in [2.45, 2.75) is 172 Å². The molecule has 2 fully saturated rings. The number of pyridine rings is 1. The van der Waals surface area contributed by atoms with Gasteiger partial charge >= 0.3 is 15.5 Å². The van der Waals surface area contributed by atoms with E-state index in [4.69, 9.17) is 51.9 Å². The van der Waals surface area contributed by atoms with Crippen molar-refractivity contribution >= 4 is 61.6 Å². The Kier molecular flexibility index (Phi) is 28.2. The van der Waals surface area contributed by atoms with Crippen LogP contribution in [0.1, 0.15) is 165 Å². The number of sulfonamides is 1. The Morgan fingerprint density at radius 2 is 1.24 bits per heavy atom. The molecule has 456 valence electrons. The van der Waals surface area contributed by atoms with Gasteiger partial charge in [-0.3, -0.25) is 9.59 Å². The number of fused-ring (bicyclic) bond motifs is 1. The normalized spacial score (nSPS) is 16.9. The molecule has 2 atom stereocenters. The Hall–Kier alpha value is -4.27. The molecule has 2 heterocycles. The van der Waals surface area contributed by atoms with Crippen molar-refractivity contribution in [2.75, 3.05) is 77.7 Å². The van der Waals surface area contributed by atoms with E-state index < -0.39 is 15.5 Å². The quantitative estimate of drug-likeness (QED) is 0.0301. The number of hydrogen-bond acceptors (Lipinski definition) is 11. The van der Waals surface area contributed by atoms with Crippen molar-refractivity contribution in [2.24, 2.45) is 5.92 Å². The third-order valence-corrected chi connectivity index (χ3v) is 17.1. The second-order valence-electron chi connectivity index (χ2n) is 22.7. The van der Waals surface area contributed by atoms with Gasteiger partial charge in [0.15, 0.2) is 0 Å². The molecule has 0 bridgehead atoms. The van der Waals surface area contributed by atoms with Gasteiger partial charge < -0.3 is 39.6 Å². The summed E-state index contributed by atoms with van der Waals surface area (Å²) in [5.74, 6) is 0.884. The van der Waals surface area contributed by atoms with Crippen LogP contribution in [0.3, 0.4) is 0 Å². The molecule has 82 heavy (non-hydrogen) atoms. The van der Waals surface area contributed by atoms with E-state index in [0.717, 1.165) is 99.5 Å². The van der Waals surface area contributed by atoms with E-state index in [-0.39, 0.29) is 61.4 Å². The summed E-state index contributed by atoms with van der Waals surface area (Å²) in [6, 6.07) is 22.7. The average Bonchev–Trinajstić information content (AvgIpc) is 3.50. The lowest BCUT2D eigenvalue weighted by molar-refractivity contribution is -0.122. The van der Waals surface area contributed by atoms with Crippen molar-refractivity contribution in [3.63, 3.8) is 0 Å². The fraction of sp³-hybridized carbons (Fsp3) is 0.629. The maximum absolute atomic E-state index is 13.4. The van der Waals surface area contributed by atoms with Crippen LogP contribution >= 0.6 is 23.2 Å². The zero-order valence-electron chi connectivity index (χ0n) is 48.3. The van der Waals surface area contributed by atoms with Crippen LogP contribution in [0, 0.1) is 5.92 Å². The molecule has 2 aliphatic rings. The molecule has 3 aromatic carbocycles. The van der Waals surface area contributed by atoms with Crippen LogP contribution in [0.2, 0.25) is 10.0 Å².